The van der Waals surface area contributed by atoms with Gasteiger partial charge in [0.15, 0.2) is 0 Å². The number of rotatable bonds is 4. The van der Waals surface area contributed by atoms with Gasteiger partial charge in [0.1, 0.15) is 5.82 Å². The van der Waals surface area contributed by atoms with Crippen molar-refractivity contribution in [3.63, 3.8) is 0 Å². The lowest BCUT2D eigenvalue weighted by Crippen LogP contribution is -2.37. The number of nitrogens with one attached hydrogen (secondary N) is 1. The van der Waals surface area contributed by atoms with Crippen molar-refractivity contribution in [1.82, 2.24) is 9.97 Å². The molecule has 1 aliphatic rings. The number of ether oxygens (including phenoxy) is 1. The summed E-state index contributed by atoms with van der Waals surface area (Å²) in [4.78, 5) is 11.3. The summed E-state index contributed by atoms with van der Waals surface area (Å²) in [6, 6.07) is 10.3. The van der Waals surface area contributed by atoms with Crippen LogP contribution in [0.2, 0.25) is 0 Å². The Morgan fingerprint density at radius 2 is 1.95 bits per heavy atom. The molecule has 2 aromatic rings. The van der Waals surface area contributed by atoms with Crippen LogP contribution >= 0.6 is 0 Å². The Morgan fingerprint density at radius 3 is 2.71 bits per heavy atom. The second-order valence-corrected chi connectivity index (χ2v) is 5.14. The monoisotopic (exact) mass is 284 g/mol. The lowest BCUT2D eigenvalue weighted by Gasteiger charge is -2.27. The summed E-state index contributed by atoms with van der Waals surface area (Å²) < 4.78 is 5.37. The topological polar surface area (TPSA) is 50.3 Å². The van der Waals surface area contributed by atoms with Crippen molar-refractivity contribution in [2.45, 2.75) is 13.5 Å². The molecule has 0 spiro atoms. The lowest BCUT2D eigenvalue weighted by atomic mass is 10.2. The summed E-state index contributed by atoms with van der Waals surface area (Å²) >= 11 is 0. The Kier molecular flexibility index (Phi) is 4.31. The molecular formula is C16H20N4O. The number of morpholine rings is 1. The quantitative estimate of drug-likeness (QED) is 0.933. The average Bonchev–Trinajstić information content (AvgIpc) is 2.56. The molecule has 0 unspecified atom stereocenters. The predicted octanol–water partition coefficient (Wildman–Crippen LogP) is 2.23. The number of anilines is 2. The van der Waals surface area contributed by atoms with Gasteiger partial charge in [-0.15, -0.1) is 0 Å². The first kappa shape index (κ1) is 13.8. The fourth-order valence-electron chi connectivity index (χ4n) is 2.31. The Morgan fingerprint density at radius 1 is 1.19 bits per heavy atom. The molecule has 1 aromatic heterocycles. The van der Waals surface area contributed by atoms with Gasteiger partial charge < -0.3 is 15.0 Å². The summed E-state index contributed by atoms with van der Waals surface area (Å²) in [6.45, 7) is 5.97. The van der Waals surface area contributed by atoms with E-state index in [4.69, 9.17) is 4.74 Å². The molecule has 5 nitrogen and oxygen atoms in total. The van der Waals surface area contributed by atoms with E-state index in [0.29, 0.717) is 0 Å². The first-order valence-electron chi connectivity index (χ1n) is 7.27. The minimum Gasteiger partial charge on any atom is -0.378 e. The van der Waals surface area contributed by atoms with Crippen LogP contribution in [0.15, 0.2) is 36.5 Å². The summed E-state index contributed by atoms with van der Waals surface area (Å²) in [7, 11) is 0. The molecule has 21 heavy (non-hydrogen) atoms. The molecular weight excluding hydrogens is 264 g/mol. The number of nitrogens with zero attached hydrogens (tertiary/aromatic N) is 3. The highest BCUT2D eigenvalue weighted by molar-refractivity contribution is 5.47. The van der Waals surface area contributed by atoms with Crippen molar-refractivity contribution in [3.05, 3.63) is 47.7 Å². The normalized spacial score (nSPS) is 15.0. The number of aromatic nitrogens is 2. The summed E-state index contributed by atoms with van der Waals surface area (Å²) in [5, 5.41) is 3.40. The van der Waals surface area contributed by atoms with Crippen LogP contribution in [-0.2, 0) is 11.3 Å². The van der Waals surface area contributed by atoms with E-state index in [9.17, 15) is 0 Å². The molecule has 0 bridgehead atoms. The van der Waals surface area contributed by atoms with Gasteiger partial charge in [-0.2, -0.15) is 4.98 Å². The van der Waals surface area contributed by atoms with Gasteiger partial charge in [-0.3, -0.25) is 0 Å². The molecule has 3 rings (SSSR count). The van der Waals surface area contributed by atoms with Crippen LogP contribution in [0.25, 0.3) is 0 Å². The van der Waals surface area contributed by atoms with Crippen LogP contribution in [0.3, 0.4) is 0 Å². The van der Waals surface area contributed by atoms with E-state index in [2.05, 4.69) is 32.3 Å². The van der Waals surface area contributed by atoms with E-state index in [0.717, 1.165) is 50.2 Å². The zero-order valence-corrected chi connectivity index (χ0v) is 12.2. The molecule has 0 amide bonds. The van der Waals surface area contributed by atoms with Crippen LogP contribution in [-0.4, -0.2) is 36.3 Å². The molecule has 0 saturated carbocycles. The Labute approximate surface area is 125 Å². The summed E-state index contributed by atoms with van der Waals surface area (Å²) in [5.74, 6) is 1.68. The van der Waals surface area contributed by atoms with Crippen LogP contribution in [0.4, 0.5) is 11.8 Å². The number of hydrogen-bond donors (Lipinski definition) is 1. The second-order valence-electron chi connectivity index (χ2n) is 5.14. The first-order valence-corrected chi connectivity index (χ1v) is 7.27. The fourth-order valence-corrected chi connectivity index (χ4v) is 2.31. The minimum absolute atomic E-state index is 0.740. The second kappa shape index (κ2) is 6.54. The minimum atomic E-state index is 0.740. The van der Waals surface area contributed by atoms with Crippen LogP contribution in [0, 0.1) is 6.92 Å². The van der Waals surface area contributed by atoms with E-state index in [1.807, 2.05) is 31.3 Å². The summed E-state index contributed by atoms with van der Waals surface area (Å²) in [6.07, 6.45) is 1.88. The highest BCUT2D eigenvalue weighted by Crippen LogP contribution is 2.17. The van der Waals surface area contributed by atoms with Gasteiger partial charge in [0.05, 0.1) is 13.2 Å². The number of hydrogen-bond acceptors (Lipinski definition) is 5. The van der Waals surface area contributed by atoms with Crippen molar-refractivity contribution in [2.24, 2.45) is 0 Å². The first-order chi connectivity index (χ1) is 10.3. The highest BCUT2D eigenvalue weighted by Gasteiger charge is 2.14. The van der Waals surface area contributed by atoms with Gasteiger partial charge in [0.2, 0.25) is 5.95 Å². The molecule has 1 aliphatic heterocycles. The van der Waals surface area contributed by atoms with Gasteiger partial charge in [0.25, 0.3) is 0 Å². The van der Waals surface area contributed by atoms with Gasteiger partial charge >= 0.3 is 0 Å². The number of aryl methyl sites for hydroxylation is 1. The molecule has 1 aromatic carbocycles. The lowest BCUT2D eigenvalue weighted by molar-refractivity contribution is 0.122. The third-order valence-electron chi connectivity index (χ3n) is 3.56. The zero-order chi connectivity index (χ0) is 14.5. The third-order valence-corrected chi connectivity index (χ3v) is 3.56. The molecule has 1 N–H and O–H groups in total. The standard InChI is InChI=1S/C16H20N4O/c1-13-11-18-16(20-7-9-21-10-8-20)19-15(13)17-12-14-5-3-2-4-6-14/h2-6,11H,7-10,12H2,1H3,(H,17,18,19). The maximum absolute atomic E-state index is 5.37. The molecule has 1 saturated heterocycles. The van der Waals surface area contributed by atoms with E-state index in [1.165, 1.54) is 5.56 Å². The summed E-state index contributed by atoms with van der Waals surface area (Å²) in [5.41, 5.74) is 2.30. The van der Waals surface area contributed by atoms with Gasteiger partial charge in [-0.1, -0.05) is 30.3 Å². The van der Waals surface area contributed by atoms with Crippen molar-refractivity contribution in [2.75, 3.05) is 36.5 Å². The maximum Gasteiger partial charge on any atom is 0.227 e. The third kappa shape index (κ3) is 3.49. The van der Waals surface area contributed by atoms with Crippen molar-refractivity contribution >= 4 is 11.8 Å². The smallest absolute Gasteiger partial charge is 0.227 e. The molecule has 2 heterocycles. The Bertz CT molecular complexity index is 582. The van der Waals surface area contributed by atoms with Crippen molar-refractivity contribution < 1.29 is 4.74 Å². The van der Waals surface area contributed by atoms with Gasteiger partial charge in [-0.25, -0.2) is 4.98 Å². The fraction of sp³-hybridized carbons (Fsp3) is 0.375. The molecule has 1 fully saturated rings. The average molecular weight is 284 g/mol. The number of benzene rings is 1. The van der Waals surface area contributed by atoms with Crippen molar-refractivity contribution in [3.8, 4) is 0 Å². The highest BCUT2D eigenvalue weighted by atomic mass is 16.5. The zero-order valence-electron chi connectivity index (χ0n) is 12.2. The van der Waals surface area contributed by atoms with E-state index < -0.39 is 0 Å². The van der Waals surface area contributed by atoms with Crippen LogP contribution in [0.1, 0.15) is 11.1 Å². The van der Waals surface area contributed by atoms with Crippen LogP contribution < -0.4 is 10.2 Å². The molecule has 0 aliphatic carbocycles. The van der Waals surface area contributed by atoms with E-state index >= 15 is 0 Å². The van der Waals surface area contributed by atoms with Gasteiger partial charge in [-0.05, 0) is 12.5 Å². The van der Waals surface area contributed by atoms with Crippen molar-refractivity contribution in [1.29, 1.82) is 0 Å². The maximum atomic E-state index is 5.37. The van der Waals surface area contributed by atoms with E-state index in [-0.39, 0.29) is 0 Å². The predicted molar refractivity (Wildman–Crippen MR) is 83.6 cm³/mol. The molecule has 110 valence electrons. The van der Waals surface area contributed by atoms with Crippen LogP contribution in [0.5, 0.6) is 0 Å². The molecule has 0 atom stereocenters. The van der Waals surface area contributed by atoms with E-state index in [1.54, 1.807) is 0 Å². The Balaban J connectivity index is 1.72. The molecule has 0 radical (unpaired) electrons. The SMILES string of the molecule is Cc1cnc(N2CCOCC2)nc1NCc1ccccc1. The largest absolute Gasteiger partial charge is 0.378 e. The Hall–Kier alpha value is -2.14. The van der Waals surface area contributed by atoms with Gasteiger partial charge in [0, 0.05) is 31.4 Å². The molecule has 5 heteroatoms.